The minimum Gasteiger partial charge on any atom is -0.481 e. The number of benzene rings is 2. The van der Waals surface area contributed by atoms with Gasteiger partial charge in [0.25, 0.3) is 5.91 Å². The minimum absolute atomic E-state index is 0.0635. The van der Waals surface area contributed by atoms with Crippen molar-refractivity contribution < 1.29 is 28.0 Å². The Balaban J connectivity index is 1.85. The topological polar surface area (TPSA) is 134 Å². The lowest BCUT2D eigenvalue weighted by Crippen LogP contribution is -2.46. The average Bonchev–Trinajstić information content (AvgIpc) is 2.85. The van der Waals surface area contributed by atoms with E-state index in [0.717, 1.165) is 5.56 Å². The smallest absolute Gasteiger partial charge is 0.261 e. The molecule has 34 heavy (non-hydrogen) atoms. The van der Waals surface area contributed by atoms with Gasteiger partial charge in [0.15, 0.2) is 0 Å². The molecule has 2 aromatic rings. The van der Waals surface area contributed by atoms with Gasteiger partial charge in [-0.05, 0) is 56.0 Å². The van der Waals surface area contributed by atoms with Gasteiger partial charge in [-0.25, -0.2) is 13.9 Å². The molecule has 10 heteroatoms. The number of carbonyl (C=O) groups excluding carboxylic acids is 2. The normalized spacial score (nSPS) is 11.6. The SMILES string of the molecule is CC#CCOc1ccc(S(=O)(=O)N[C@H](CCCNC(=O)CCc2ccccc2)C(=O)NO)cc1. The molecule has 0 saturated carbocycles. The highest BCUT2D eigenvalue weighted by Crippen LogP contribution is 2.16. The van der Waals surface area contributed by atoms with E-state index in [0.29, 0.717) is 25.0 Å². The van der Waals surface area contributed by atoms with Gasteiger partial charge in [0.2, 0.25) is 15.9 Å². The third kappa shape index (κ3) is 9.23. The van der Waals surface area contributed by atoms with Crippen molar-refractivity contribution >= 4 is 21.8 Å². The van der Waals surface area contributed by atoms with Gasteiger partial charge in [-0.2, -0.15) is 4.72 Å². The fourth-order valence-electron chi connectivity index (χ4n) is 3.01. The quantitative estimate of drug-likeness (QED) is 0.147. The summed E-state index contributed by atoms with van der Waals surface area (Å²) >= 11 is 0. The highest BCUT2D eigenvalue weighted by Gasteiger charge is 2.25. The second kappa shape index (κ2) is 14.0. The number of hydrogen-bond acceptors (Lipinski definition) is 6. The molecule has 0 aliphatic rings. The summed E-state index contributed by atoms with van der Waals surface area (Å²) in [6.45, 7) is 2.13. The van der Waals surface area contributed by atoms with Crippen molar-refractivity contribution in [3.05, 3.63) is 60.2 Å². The summed E-state index contributed by atoms with van der Waals surface area (Å²) in [5.74, 6) is 4.85. The van der Waals surface area contributed by atoms with Crippen molar-refractivity contribution in [1.82, 2.24) is 15.5 Å². The van der Waals surface area contributed by atoms with Crippen molar-refractivity contribution in [3.63, 3.8) is 0 Å². The summed E-state index contributed by atoms with van der Waals surface area (Å²) in [5, 5.41) is 11.8. The minimum atomic E-state index is -4.04. The molecular weight excluding hydrogens is 458 g/mol. The van der Waals surface area contributed by atoms with Crippen LogP contribution >= 0.6 is 0 Å². The molecule has 9 nitrogen and oxygen atoms in total. The highest BCUT2D eigenvalue weighted by atomic mass is 32.2. The Morgan fingerprint density at radius 3 is 2.44 bits per heavy atom. The molecule has 2 rings (SSSR count). The molecule has 0 heterocycles. The van der Waals surface area contributed by atoms with E-state index in [9.17, 15) is 18.0 Å². The molecular formula is C24H29N3O6S. The van der Waals surface area contributed by atoms with Crippen LogP contribution in [0.5, 0.6) is 5.75 Å². The summed E-state index contributed by atoms with van der Waals surface area (Å²) in [7, 11) is -4.04. The van der Waals surface area contributed by atoms with E-state index in [4.69, 9.17) is 9.94 Å². The van der Waals surface area contributed by atoms with Crippen LogP contribution in [0, 0.1) is 11.8 Å². The zero-order valence-electron chi connectivity index (χ0n) is 18.9. The lowest BCUT2D eigenvalue weighted by atomic mass is 10.1. The lowest BCUT2D eigenvalue weighted by molar-refractivity contribution is -0.131. The number of hydrogen-bond donors (Lipinski definition) is 4. The Morgan fingerprint density at radius 1 is 1.09 bits per heavy atom. The van der Waals surface area contributed by atoms with Gasteiger partial charge in [-0.1, -0.05) is 36.3 Å². The maximum Gasteiger partial charge on any atom is 0.261 e. The van der Waals surface area contributed by atoms with Crippen LogP contribution in [0.25, 0.3) is 0 Å². The number of hydroxylamine groups is 1. The molecule has 0 saturated heterocycles. The van der Waals surface area contributed by atoms with Gasteiger partial charge in [-0.3, -0.25) is 14.8 Å². The number of aryl methyl sites for hydroxylation is 1. The van der Waals surface area contributed by atoms with Crippen molar-refractivity contribution in [3.8, 4) is 17.6 Å². The summed E-state index contributed by atoms with van der Waals surface area (Å²) in [4.78, 5) is 24.0. The zero-order chi connectivity index (χ0) is 24.8. The lowest BCUT2D eigenvalue weighted by Gasteiger charge is -2.17. The molecule has 0 aliphatic heterocycles. The van der Waals surface area contributed by atoms with Crippen LogP contribution in [-0.2, 0) is 26.0 Å². The number of sulfonamides is 1. The van der Waals surface area contributed by atoms with Gasteiger partial charge in [0.05, 0.1) is 4.90 Å². The molecule has 2 aromatic carbocycles. The van der Waals surface area contributed by atoms with Crippen LogP contribution in [0.2, 0.25) is 0 Å². The Kier molecular flexibility index (Phi) is 11.1. The average molecular weight is 488 g/mol. The number of amides is 2. The third-order valence-electron chi connectivity index (χ3n) is 4.82. The summed E-state index contributed by atoms with van der Waals surface area (Å²) < 4.78 is 33.0. The van der Waals surface area contributed by atoms with Gasteiger partial charge in [0, 0.05) is 13.0 Å². The number of carbonyl (C=O) groups is 2. The van der Waals surface area contributed by atoms with Crippen molar-refractivity contribution in [2.45, 2.75) is 43.5 Å². The monoisotopic (exact) mass is 487 g/mol. The van der Waals surface area contributed by atoms with Crippen LogP contribution in [-0.4, -0.2) is 44.6 Å². The summed E-state index contributed by atoms with van der Waals surface area (Å²) in [6.07, 6.45) is 1.32. The van der Waals surface area contributed by atoms with Crippen molar-refractivity contribution in [1.29, 1.82) is 0 Å². The number of ether oxygens (including phenoxy) is 1. The zero-order valence-corrected chi connectivity index (χ0v) is 19.7. The standard InChI is InChI=1S/C24H29N3O6S/c1-2-3-18-33-20-12-14-21(15-13-20)34(31,32)27-22(24(29)26-30)10-7-17-25-23(28)16-11-19-8-5-4-6-9-19/h4-6,8-9,12-15,22,27,30H,7,10-11,16-18H2,1H3,(H,25,28)(H,26,29)/t22-/m1/s1. The molecule has 2 amide bonds. The van der Waals surface area contributed by atoms with Crippen molar-refractivity contribution in [2.24, 2.45) is 0 Å². The van der Waals surface area contributed by atoms with E-state index < -0.39 is 22.0 Å². The number of nitrogens with one attached hydrogen (secondary N) is 3. The first-order valence-corrected chi connectivity index (χ1v) is 12.2. The Labute approximate surface area is 199 Å². The van der Waals surface area contributed by atoms with E-state index in [1.54, 1.807) is 6.92 Å². The first kappa shape index (κ1) is 26.9. The molecule has 0 aliphatic carbocycles. The fraction of sp³-hybridized carbons (Fsp3) is 0.333. The van der Waals surface area contributed by atoms with Crippen molar-refractivity contribution in [2.75, 3.05) is 13.2 Å². The highest BCUT2D eigenvalue weighted by molar-refractivity contribution is 7.89. The van der Waals surface area contributed by atoms with Crippen LogP contribution < -0.4 is 20.3 Å². The maximum absolute atomic E-state index is 12.7. The van der Waals surface area contributed by atoms with E-state index in [1.165, 1.54) is 29.7 Å². The van der Waals surface area contributed by atoms with Gasteiger partial charge in [-0.15, -0.1) is 5.92 Å². The molecule has 0 radical (unpaired) electrons. The molecule has 0 aromatic heterocycles. The molecule has 0 spiro atoms. The first-order valence-electron chi connectivity index (χ1n) is 10.7. The predicted molar refractivity (Wildman–Crippen MR) is 126 cm³/mol. The van der Waals surface area contributed by atoms with Gasteiger partial charge in [0.1, 0.15) is 18.4 Å². The van der Waals surface area contributed by atoms with E-state index in [1.807, 2.05) is 30.3 Å². The van der Waals surface area contributed by atoms with Gasteiger partial charge < -0.3 is 10.1 Å². The molecule has 0 unspecified atom stereocenters. The molecule has 182 valence electrons. The Bertz CT molecular complexity index is 1090. The molecule has 4 N–H and O–H groups in total. The Hall–Kier alpha value is -3.39. The maximum atomic E-state index is 12.7. The van der Waals surface area contributed by atoms with E-state index in [2.05, 4.69) is 21.9 Å². The van der Waals surface area contributed by atoms with Crippen LogP contribution in [0.4, 0.5) is 0 Å². The Morgan fingerprint density at radius 2 is 1.79 bits per heavy atom. The molecule has 1 atom stereocenters. The van der Waals surface area contributed by atoms with E-state index >= 15 is 0 Å². The van der Waals surface area contributed by atoms with Crippen LogP contribution in [0.1, 0.15) is 31.7 Å². The number of rotatable bonds is 13. The van der Waals surface area contributed by atoms with Crippen LogP contribution in [0.15, 0.2) is 59.5 Å². The third-order valence-corrected chi connectivity index (χ3v) is 6.31. The van der Waals surface area contributed by atoms with E-state index in [-0.39, 0.29) is 30.4 Å². The summed E-state index contributed by atoms with van der Waals surface area (Å²) in [5.41, 5.74) is 2.54. The fourth-order valence-corrected chi connectivity index (χ4v) is 4.24. The summed E-state index contributed by atoms with van der Waals surface area (Å²) in [6, 6.07) is 14.1. The predicted octanol–water partition coefficient (Wildman–Crippen LogP) is 1.77. The van der Waals surface area contributed by atoms with Crippen LogP contribution in [0.3, 0.4) is 0 Å². The molecule has 0 bridgehead atoms. The second-order valence-corrected chi connectivity index (χ2v) is 9.03. The largest absolute Gasteiger partial charge is 0.481 e. The molecule has 0 fully saturated rings. The first-order chi connectivity index (χ1) is 16.4. The van der Waals surface area contributed by atoms with Gasteiger partial charge >= 0.3 is 0 Å². The second-order valence-electron chi connectivity index (χ2n) is 7.31.